The lowest BCUT2D eigenvalue weighted by molar-refractivity contribution is 0.564. The van der Waals surface area contributed by atoms with Crippen LogP contribution in [0.25, 0.3) is 44.0 Å². The lowest BCUT2D eigenvalue weighted by Gasteiger charge is -2.04. The highest BCUT2D eigenvalue weighted by molar-refractivity contribution is 7.13. The zero-order valence-corrected chi connectivity index (χ0v) is 16.8. The number of rotatable bonds is 3. The molecule has 0 atom stereocenters. The van der Waals surface area contributed by atoms with Crippen molar-refractivity contribution in [2.75, 3.05) is 0 Å². The summed E-state index contributed by atoms with van der Waals surface area (Å²) < 4.78 is 18.7. The highest BCUT2D eigenvalue weighted by atomic mass is 32.1. The van der Waals surface area contributed by atoms with E-state index in [0.29, 0.717) is 33.0 Å². The predicted molar refractivity (Wildman–Crippen MR) is 121 cm³/mol. The maximum Gasteiger partial charge on any atom is 0.346 e. The average Bonchev–Trinajstić information content (AvgIpc) is 3.28. The number of halogens is 1. The molecule has 0 aliphatic rings. The summed E-state index contributed by atoms with van der Waals surface area (Å²) >= 11 is 1.26. The second kappa shape index (κ2) is 7.63. The van der Waals surface area contributed by atoms with Gasteiger partial charge in [0, 0.05) is 10.8 Å². The van der Waals surface area contributed by atoms with Crippen molar-refractivity contribution in [3.05, 3.63) is 99.6 Å². The molecule has 3 aromatic carbocycles. The van der Waals surface area contributed by atoms with E-state index in [4.69, 9.17) is 4.42 Å². The third-order valence-corrected chi connectivity index (χ3v) is 5.83. The number of allylic oxidation sites excluding steroid dienone is 1. The highest BCUT2D eigenvalue weighted by Gasteiger charge is 2.15. The first-order chi connectivity index (χ1) is 15.1. The molecule has 5 aromatic rings. The van der Waals surface area contributed by atoms with Crippen molar-refractivity contribution in [2.24, 2.45) is 0 Å². The van der Waals surface area contributed by atoms with Crippen molar-refractivity contribution in [2.45, 2.75) is 0 Å². The van der Waals surface area contributed by atoms with Gasteiger partial charge >= 0.3 is 5.63 Å². The molecule has 2 aromatic heterocycles. The minimum atomic E-state index is -0.482. The number of aromatic nitrogens is 1. The minimum Gasteiger partial charge on any atom is -0.422 e. The Kier molecular flexibility index (Phi) is 4.66. The van der Waals surface area contributed by atoms with Crippen LogP contribution in [0.2, 0.25) is 0 Å². The smallest absolute Gasteiger partial charge is 0.346 e. The highest BCUT2D eigenvalue weighted by Crippen LogP contribution is 2.30. The van der Waals surface area contributed by atoms with E-state index in [1.165, 1.54) is 23.5 Å². The zero-order valence-electron chi connectivity index (χ0n) is 16.0. The van der Waals surface area contributed by atoms with Gasteiger partial charge in [0.25, 0.3) is 0 Å². The molecular weight excluding hydrogens is 411 g/mol. The van der Waals surface area contributed by atoms with E-state index in [1.807, 2.05) is 30.3 Å². The van der Waals surface area contributed by atoms with E-state index in [2.05, 4.69) is 11.1 Å². The summed E-state index contributed by atoms with van der Waals surface area (Å²) in [4.78, 5) is 17.1. The molecule has 0 bridgehead atoms. The van der Waals surface area contributed by atoms with Gasteiger partial charge in [0.15, 0.2) is 0 Å². The van der Waals surface area contributed by atoms with Crippen LogP contribution in [-0.2, 0) is 0 Å². The fraction of sp³-hybridized carbons (Fsp3) is 0. The fourth-order valence-corrected chi connectivity index (χ4v) is 4.25. The van der Waals surface area contributed by atoms with Gasteiger partial charge in [-0.15, -0.1) is 11.3 Å². The van der Waals surface area contributed by atoms with Crippen LogP contribution in [0.1, 0.15) is 11.3 Å². The number of nitrogens with zero attached hydrogens (tertiary/aromatic N) is 2. The molecule has 0 saturated heterocycles. The maximum absolute atomic E-state index is 13.1. The van der Waals surface area contributed by atoms with Crippen molar-refractivity contribution in [1.29, 1.82) is 5.26 Å². The summed E-state index contributed by atoms with van der Waals surface area (Å²) in [5.41, 5.74) is 1.83. The Hall–Kier alpha value is -4.08. The van der Waals surface area contributed by atoms with Gasteiger partial charge in [-0.1, -0.05) is 42.5 Å². The van der Waals surface area contributed by atoms with Gasteiger partial charge in [-0.3, -0.25) is 0 Å². The molecule has 0 unspecified atom stereocenters. The fourth-order valence-electron chi connectivity index (χ4n) is 3.43. The van der Waals surface area contributed by atoms with Crippen molar-refractivity contribution in [3.63, 3.8) is 0 Å². The molecule has 0 fully saturated rings. The SMILES string of the molecule is N#CC(=Cc1ccc(F)cc1)c1csc(-c2cc3c(ccc4ccccc43)oc2=O)n1. The Morgan fingerprint density at radius 1 is 1.06 bits per heavy atom. The molecule has 4 nitrogen and oxygen atoms in total. The summed E-state index contributed by atoms with van der Waals surface area (Å²) in [6, 6.07) is 21.3. The first-order valence-electron chi connectivity index (χ1n) is 9.41. The molecule has 148 valence electrons. The van der Waals surface area contributed by atoms with E-state index >= 15 is 0 Å². The van der Waals surface area contributed by atoms with Gasteiger partial charge in [0.1, 0.15) is 22.5 Å². The molecule has 0 aliphatic heterocycles. The Morgan fingerprint density at radius 3 is 2.68 bits per heavy atom. The summed E-state index contributed by atoms with van der Waals surface area (Å²) in [6.45, 7) is 0. The third-order valence-electron chi connectivity index (χ3n) is 4.95. The zero-order chi connectivity index (χ0) is 21.4. The Balaban J connectivity index is 1.61. The van der Waals surface area contributed by atoms with Crippen LogP contribution in [0.3, 0.4) is 0 Å². The number of hydrogen-bond donors (Lipinski definition) is 0. The van der Waals surface area contributed by atoms with E-state index in [0.717, 1.165) is 16.2 Å². The van der Waals surface area contributed by atoms with Gasteiger partial charge in [-0.05, 0) is 46.7 Å². The van der Waals surface area contributed by atoms with Crippen molar-refractivity contribution >= 4 is 44.7 Å². The third kappa shape index (κ3) is 3.52. The average molecular weight is 424 g/mol. The summed E-state index contributed by atoms with van der Waals surface area (Å²) in [6.07, 6.45) is 1.63. The van der Waals surface area contributed by atoms with Crippen molar-refractivity contribution in [1.82, 2.24) is 4.98 Å². The molecule has 31 heavy (non-hydrogen) atoms. The first kappa shape index (κ1) is 18.9. The molecule has 2 heterocycles. The van der Waals surface area contributed by atoms with Crippen LogP contribution in [0.15, 0.2) is 81.3 Å². The molecule has 0 aliphatic carbocycles. The van der Waals surface area contributed by atoms with Crippen molar-refractivity contribution in [3.8, 4) is 16.6 Å². The number of benzene rings is 3. The summed E-state index contributed by atoms with van der Waals surface area (Å²) in [5.74, 6) is -0.345. The van der Waals surface area contributed by atoms with Crippen LogP contribution in [0.4, 0.5) is 4.39 Å². The number of fused-ring (bicyclic) bond motifs is 3. The lowest BCUT2D eigenvalue weighted by atomic mass is 10.0. The number of nitriles is 1. The van der Waals surface area contributed by atoms with E-state index < -0.39 is 5.63 Å². The van der Waals surface area contributed by atoms with Crippen LogP contribution in [0, 0.1) is 17.1 Å². The number of thiazole rings is 1. The normalized spacial score (nSPS) is 11.7. The van der Waals surface area contributed by atoms with Gasteiger partial charge in [-0.25, -0.2) is 14.2 Å². The minimum absolute atomic E-state index is 0.324. The van der Waals surface area contributed by atoms with E-state index in [1.54, 1.807) is 35.7 Å². The Labute approximate surface area is 180 Å². The Bertz CT molecular complexity index is 1570. The maximum atomic E-state index is 13.1. The summed E-state index contributed by atoms with van der Waals surface area (Å²) in [7, 11) is 0. The van der Waals surface area contributed by atoms with Gasteiger partial charge in [0.2, 0.25) is 0 Å². The standard InChI is InChI=1S/C25H13FN2O2S/c26-18-8-5-15(6-9-18)11-17(13-27)22-14-31-24(28-22)21-12-20-19-4-2-1-3-16(19)7-10-23(20)30-25(21)29/h1-12,14H. The lowest BCUT2D eigenvalue weighted by Crippen LogP contribution is -2.02. The predicted octanol–water partition coefficient (Wildman–Crippen LogP) is 6.27. The number of hydrogen-bond acceptors (Lipinski definition) is 5. The van der Waals surface area contributed by atoms with Crippen LogP contribution in [0.5, 0.6) is 0 Å². The van der Waals surface area contributed by atoms with Crippen LogP contribution < -0.4 is 5.63 Å². The second-order valence-corrected chi connectivity index (χ2v) is 7.76. The van der Waals surface area contributed by atoms with Crippen molar-refractivity contribution < 1.29 is 8.81 Å². The molecule has 5 rings (SSSR count). The monoisotopic (exact) mass is 424 g/mol. The molecule has 0 radical (unpaired) electrons. The Morgan fingerprint density at radius 2 is 1.87 bits per heavy atom. The molecule has 0 saturated carbocycles. The topological polar surface area (TPSA) is 66.9 Å². The molecule has 0 amide bonds. The molecular formula is C25H13FN2O2S. The molecule has 0 N–H and O–H groups in total. The first-order valence-corrected chi connectivity index (χ1v) is 10.3. The van der Waals surface area contributed by atoms with Gasteiger partial charge in [0.05, 0.1) is 16.8 Å². The van der Waals surface area contributed by atoms with E-state index in [-0.39, 0.29) is 5.82 Å². The summed E-state index contributed by atoms with van der Waals surface area (Å²) in [5, 5.41) is 14.6. The largest absolute Gasteiger partial charge is 0.422 e. The van der Waals surface area contributed by atoms with E-state index in [9.17, 15) is 14.4 Å². The second-order valence-electron chi connectivity index (χ2n) is 6.91. The van der Waals surface area contributed by atoms with Crippen LogP contribution >= 0.6 is 11.3 Å². The molecule has 6 heteroatoms. The van der Waals surface area contributed by atoms with Crippen LogP contribution in [-0.4, -0.2) is 4.98 Å². The van der Waals surface area contributed by atoms with Gasteiger partial charge < -0.3 is 4.42 Å². The van der Waals surface area contributed by atoms with Gasteiger partial charge in [-0.2, -0.15) is 5.26 Å². The molecule has 0 spiro atoms. The quantitative estimate of drug-likeness (QED) is 0.194.